The second-order valence-electron chi connectivity index (χ2n) is 6.24. The van der Waals surface area contributed by atoms with Gasteiger partial charge in [0.05, 0.1) is 0 Å². The normalized spacial score (nSPS) is 11.9. The molecule has 6 nitrogen and oxygen atoms in total. The molecule has 0 radical (unpaired) electrons. The molecule has 4 rings (SSSR count). The van der Waals surface area contributed by atoms with Crippen molar-refractivity contribution in [2.75, 3.05) is 6.61 Å². The molecule has 0 unspecified atom stereocenters. The number of rotatable bonds is 6. The van der Waals surface area contributed by atoms with E-state index in [4.69, 9.17) is 13.9 Å². The molecule has 0 bridgehead atoms. The summed E-state index contributed by atoms with van der Waals surface area (Å²) in [7, 11) is 0. The van der Waals surface area contributed by atoms with Crippen molar-refractivity contribution in [3.05, 3.63) is 78.7 Å². The Hall–Kier alpha value is -3.67. The van der Waals surface area contributed by atoms with Gasteiger partial charge in [-0.15, -0.1) is 10.2 Å². The highest BCUT2D eigenvalue weighted by atomic mass is 16.6. The van der Waals surface area contributed by atoms with Crippen LogP contribution in [0.25, 0.3) is 22.2 Å². The molecule has 140 valence electrons. The Morgan fingerprint density at radius 1 is 0.964 bits per heavy atom. The second kappa shape index (κ2) is 7.92. The molecule has 0 saturated heterocycles. The predicted octanol–water partition coefficient (Wildman–Crippen LogP) is 4.57. The standard InChI is InChI=1S/C22H18N2O4/c1-15(21-23-24-22(28-21)17-8-3-2-4-9-17)27-20(25)14-26-19-12-11-16-7-5-6-10-18(16)13-19/h2-13,15H,14H2,1H3/t15-/m0/s1. The average molecular weight is 374 g/mol. The van der Waals surface area contributed by atoms with Gasteiger partial charge >= 0.3 is 5.97 Å². The molecule has 0 N–H and O–H groups in total. The molecule has 0 aliphatic carbocycles. The Bertz CT molecular complexity index is 1090. The minimum absolute atomic E-state index is 0.206. The largest absolute Gasteiger partial charge is 0.482 e. The third-order valence-electron chi connectivity index (χ3n) is 4.19. The lowest BCUT2D eigenvalue weighted by molar-refractivity contribution is -0.152. The van der Waals surface area contributed by atoms with E-state index in [-0.39, 0.29) is 12.5 Å². The highest BCUT2D eigenvalue weighted by Gasteiger charge is 2.19. The highest BCUT2D eigenvalue weighted by molar-refractivity contribution is 5.83. The molecule has 0 fully saturated rings. The van der Waals surface area contributed by atoms with E-state index in [0.717, 1.165) is 16.3 Å². The molecule has 28 heavy (non-hydrogen) atoms. The van der Waals surface area contributed by atoms with Crippen LogP contribution in [0.3, 0.4) is 0 Å². The van der Waals surface area contributed by atoms with Gasteiger partial charge in [0.25, 0.3) is 5.89 Å². The van der Waals surface area contributed by atoms with Crippen LogP contribution in [0.5, 0.6) is 5.75 Å². The number of hydrogen-bond acceptors (Lipinski definition) is 6. The van der Waals surface area contributed by atoms with Crippen LogP contribution in [-0.4, -0.2) is 22.8 Å². The first-order valence-corrected chi connectivity index (χ1v) is 8.89. The second-order valence-corrected chi connectivity index (χ2v) is 6.24. The van der Waals surface area contributed by atoms with Gasteiger partial charge in [-0.2, -0.15) is 0 Å². The summed E-state index contributed by atoms with van der Waals surface area (Å²) >= 11 is 0. The van der Waals surface area contributed by atoms with Crippen molar-refractivity contribution in [1.29, 1.82) is 0 Å². The van der Waals surface area contributed by atoms with Crippen molar-refractivity contribution in [2.45, 2.75) is 13.0 Å². The van der Waals surface area contributed by atoms with E-state index in [9.17, 15) is 4.79 Å². The van der Waals surface area contributed by atoms with Crippen LogP contribution in [0.1, 0.15) is 18.9 Å². The van der Waals surface area contributed by atoms with Crippen molar-refractivity contribution in [1.82, 2.24) is 10.2 Å². The van der Waals surface area contributed by atoms with Crippen molar-refractivity contribution >= 4 is 16.7 Å². The van der Waals surface area contributed by atoms with Crippen molar-refractivity contribution in [2.24, 2.45) is 0 Å². The number of carbonyl (C=O) groups excluding carboxylic acids is 1. The molecular formula is C22H18N2O4. The van der Waals surface area contributed by atoms with Crippen molar-refractivity contribution < 1.29 is 18.7 Å². The number of nitrogens with zero attached hydrogens (tertiary/aromatic N) is 2. The molecule has 1 atom stereocenters. The zero-order valence-corrected chi connectivity index (χ0v) is 15.2. The van der Waals surface area contributed by atoms with Crippen LogP contribution >= 0.6 is 0 Å². The fraction of sp³-hybridized carbons (Fsp3) is 0.136. The molecule has 1 heterocycles. The lowest BCUT2D eigenvalue weighted by Crippen LogP contribution is -2.17. The minimum Gasteiger partial charge on any atom is -0.482 e. The summed E-state index contributed by atoms with van der Waals surface area (Å²) in [6.45, 7) is 1.47. The maximum absolute atomic E-state index is 12.1. The molecule has 6 heteroatoms. The zero-order chi connectivity index (χ0) is 19.3. The number of aromatic nitrogens is 2. The van der Waals surface area contributed by atoms with Crippen LogP contribution in [0.2, 0.25) is 0 Å². The van der Waals surface area contributed by atoms with Gasteiger partial charge in [0.2, 0.25) is 5.89 Å². The van der Waals surface area contributed by atoms with E-state index in [0.29, 0.717) is 11.6 Å². The number of benzene rings is 3. The molecule has 0 aliphatic rings. The molecule has 4 aromatic rings. The summed E-state index contributed by atoms with van der Waals surface area (Å²) < 4.78 is 16.5. The van der Waals surface area contributed by atoms with E-state index < -0.39 is 12.1 Å². The molecule has 0 spiro atoms. The number of ether oxygens (including phenoxy) is 2. The smallest absolute Gasteiger partial charge is 0.344 e. The summed E-state index contributed by atoms with van der Waals surface area (Å²) in [6.07, 6.45) is -0.669. The molecule has 0 amide bonds. The highest BCUT2D eigenvalue weighted by Crippen LogP contribution is 2.23. The van der Waals surface area contributed by atoms with E-state index in [1.807, 2.05) is 72.8 Å². The summed E-state index contributed by atoms with van der Waals surface area (Å²) in [5.74, 6) is 0.705. The van der Waals surface area contributed by atoms with Crippen molar-refractivity contribution in [3.63, 3.8) is 0 Å². The first-order chi connectivity index (χ1) is 13.7. The zero-order valence-electron chi connectivity index (χ0n) is 15.2. The van der Waals surface area contributed by atoms with Gasteiger partial charge in [-0.3, -0.25) is 0 Å². The van der Waals surface area contributed by atoms with E-state index in [1.165, 1.54) is 0 Å². The first-order valence-electron chi connectivity index (χ1n) is 8.89. The SMILES string of the molecule is C[C@H](OC(=O)COc1ccc2ccccc2c1)c1nnc(-c2ccccc2)o1. The third kappa shape index (κ3) is 4.01. The average Bonchev–Trinajstić information content (AvgIpc) is 3.23. The van der Waals surface area contributed by atoms with Gasteiger partial charge in [-0.25, -0.2) is 4.79 Å². The Labute approximate surface area is 161 Å². The van der Waals surface area contributed by atoms with E-state index in [2.05, 4.69) is 10.2 Å². The van der Waals surface area contributed by atoms with Gasteiger partial charge in [0.15, 0.2) is 12.7 Å². The minimum atomic E-state index is -0.669. The Kier molecular flexibility index (Phi) is 5.01. The van der Waals surface area contributed by atoms with Gasteiger partial charge < -0.3 is 13.9 Å². The Morgan fingerprint density at radius 2 is 1.71 bits per heavy atom. The molecule has 3 aromatic carbocycles. The molecule has 1 aromatic heterocycles. The van der Waals surface area contributed by atoms with E-state index in [1.54, 1.807) is 6.92 Å². The van der Waals surface area contributed by atoms with Crippen LogP contribution in [0.15, 0.2) is 77.2 Å². The summed E-state index contributed by atoms with van der Waals surface area (Å²) in [5.41, 5.74) is 0.805. The number of hydrogen-bond donors (Lipinski definition) is 0. The fourth-order valence-corrected chi connectivity index (χ4v) is 2.78. The van der Waals surface area contributed by atoms with Crippen LogP contribution in [-0.2, 0) is 9.53 Å². The summed E-state index contributed by atoms with van der Waals surface area (Å²) in [6, 6.07) is 23.0. The van der Waals surface area contributed by atoms with Crippen molar-refractivity contribution in [3.8, 4) is 17.2 Å². The first kappa shape index (κ1) is 17.7. The van der Waals surface area contributed by atoms with Gasteiger partial charge in [0, 0.05) is 5.56 Å². The summed E-state index contributed by atoms with van der Waals surface area (Å²) in [5, 5.41) is 10.1. The third-order valence-corrected chi connectivity index (χ3v) is 4.19. The lowest BCUT2D eigenvalue weighted by atomic mass is 10.1. The predicted molar refractivity (Wildman–Crippen MR) is 104 cm³/mol. The van der Waals surface area contributed by atoms with Crippen LogP contribution in [0, 0.1) is 0 Å². The molecular weight excluding hydrogens is 356 g/mol. The van der Waals surface area contributed by atoms with Crippen LogP contribution in [0.4, 0.5) is 0 Å². The number of esters is 1. The molecule has 0 aliphatic heterocycles. The Balaban J connectivity index is 1.35. The monoisotopic (exact) mass is 374 g/mol. The number of carbonyl (C=O) groups is 1. The fourth-order valence-electron chi connectivity index (χ4n) is 2.78. The maximum atomic E-state index is 12.1. The van der Waals surface area contributed by atoms with Gasteiger partial charge in [0.1, 0.15) is 5.75 Å². The number of fused-ring (bicyclic) bond motifs is 1. The summed E-state index contributed by atoms with van der Waals surface area (Å²) in [4.78, 5) is 12.1. The topological polar surface area (TPSA) is 74.5 Å². The Morgan fingerprint density at radius 3 is 2.54 bits per heavy atom. The quantitative estimate of drug-likeness (QED) is 0.460. The molecule has 0 saturated carbocycles. The maximum Gasteiger partial charge on any atom is 0.344 e. The van der Waals surface area contributed by atoms with Crippen LogP contribution < -0.4 is 4.74 Å². The lowest BCUT2D eigenvalue weighted by Gasteiger charge is -2.10. The van der Waals surface area contributed by atoms with E-state index >= 15 is 0 Å². The van der Waals surface area contributed by atoms with Gasteiger partial charge in [-0.05, 0) is 42.0 Å². The van der Waals surface area contributed by atoms with Gasteiger partial charge in [-0.1, -0.05) is 48.5 Å².